The maximum atomic E-state index is 14.5. The first-order valence-electron chi connectivity index (χ1n) is 12.8. The quantitative estimate of drug-likeness (QED) is 0.349. The number of pyridine rings is 1. The topological polar surface area (TPSA) is 118 Å². The molecule has 0 unspecified atom stereocenters. The van der Waals surface area contributed by atoms with Gasteiger partial charge >= 0.3 is 0 Å². The molecule has 5 heterocycles. The largest absolute Gasteiger partial charge is 0.480 e. The number of halogens is 2. The molecular weight excluding hydrogens is 567 g/mol. The molecule has 2 aliphatic heterocycles. The number of nitrogens with one attached hydrogen (secondary N) is 1. The molecule has 11 nitrogen and oxygen atoms in total. The van der Waals surface area contributed by atoms with Crippen LogP contribution in [-0.2, 0) is 10.3 Å². The van der Waals surface area contributed by atoms with Crippen LogP contribution >= 0.6 is 23.2 Å². The number of fused-ring (bicyclic) bond motifs is 4. The van der Waals surface area contributed by atoms with Crippen molar-refractivity contribution in [2.75, 3.05) is 36.3 Å². The summed E-state index contributed by atoms with van der Waals surface area (Å²) in [7, 11) is 5.16. The molecule has 1 N–H and O–H groups in total. The van der Waals surface area contributed by atoms with Gasteiger partial charge in [0.1, 0.15) is 5.82 Å². The number of aromatic nitrogens is 5. The number of rotatable bonds is 5. The number of hydrogen-bond acceptors (Lipinski definition) is 8. The summed E-state index contributed by atoms with van der Waals surface area (Å²) < 4.78 is 7.51. The third-order valence-electron chi connectivity index (χ3n) is 7.30. The first-order chi connectivity index (χ1) is 19.5. The van der Waals surface area contributed by atoms with Gasteiger partial charge in [0, 0.05) is 48.8 Å². The molecule has 1 atom stereocenters. The first-order valence-corrected chi connectivity index (χ1v) is 13.6. The monoisotopic (exact) mass is 592 g/mol. The minimum Gasteiger partial charge on any atom is -0.480 e. The van der Waals surface area contributed by atoms with Crippen LogP contribution in [0.1, 0.15) is 47.3 Å². The number of benzene rings is 1. The molecule has 0 radical (unpaired) electrons. The molecule has 1 aromatic carbocycles. The fourth-order valence-corrected chi connectivity index (χ4v) is 5.93. The highest BCUT2D eigenvalue weighted by atomic mass is 35.5. The van der Waals surface area contributed by atoms with Crippen molar-refractivity contribution in [3.8, 4) is 17.3 Å². The van der Waals surface area contributed by atoms with E-state index < -0.39 is 17.4 Å². The van der Waals surface area contributed by atoms with E-state index in [1.165, 1.54) is 18.2 Å². The molecule has 2 amide bonds. The summed E-state index contributed by atoms with van der Waals surface area (Å²) in [5.74, 6) is 0.224. The van der Waals surface area contributed by atoms with Crippen molar-refractivity contribution >= 4 is 52.3 Å². The molecule has 4 aromatic rings. The highest BCUT2D eigenvalue weighted by Crippen LogP contribution is 2.55. The number of aryl methyl sites for hydroxylation is 1. The zero-order valence-corrected chi connectivity index (χ0v) is 24.7. The minimum absolute atomic E-state index is 0.116. The van der Waals surface area contributed by atoms with Gasteiger partial charge in [0.05, 0.1) is 34.8 Å². The number of amides is 2. The van der Waals surface area contributed by atoms with E-state index in [2.05, 4.69) is 20.3 Å². The summed E-state index contributed by atoms with van der Waals surface area (Å²) in [5, 5.41) is 3.72. The lowest BCUT2D eigenvalue weighted by Gasteiger charge is -2.36. The molecule has 6 rings (SSSR count). The van der Waals surface area contributed by atoms with Crippen LogP contribution in [0.3, 0.4) is 0 Å². The van der Waals surface area contributed by atoms with Crippen LogP contribution in [0.25, 0.3) is 11.4 Å². The summed E-state index contributed by atoms with van der Waals surface area (Å²) in [5.41, 5.74) is 1.34. The summed E-state index contributed by atoms with van der Waals surface area (Å²) >= 11 is 12.7. The van der Waals surface area contributed by atoms with E-state index in [-0.39, 0.29) is 17.6 Å². The van der Waals surface area contributed by atoms with Gasteiger partial charge in [0.25, 0.3) is 11.8 Å². The molecule has 0 saturated carbocycles. The number of hydrogen-bond donors (Lipinski definition) is 1. The van der Waals surface area contributed by atoms with Gasteiger partial charge in [0.15, 0.2) is 11.2 Å². The molecule has 0 fully saturated rings. The Hall–Kier alpha value is -4.22. The highest BCUT2D eigenvalue weighted by molar-refractivity contribution is 6.32. The predicted molar refractivity (Wildman–Crippen MR) is 156 cm³/mol. The number of carbonyl (C=O) groups excluding carboxylic acids is 2. The van der Waals surface area contributed by atoms with E-state index in [4.69, 9.17) is 32.9 Å². The Balaban J connectivity index is 1.72. The van der Waals surface area contributed by atoms with Crippen molar-refractivity contribution in [3.05, 3.63) is 69.3 Å². The summed E-state index contributed by atoms with van der Waals surface area (Å²) in [6.45, 7) is 5.67. The Kier molecular flexibility index (Phi) is 6.20. The lowest BCUT2D eigenvalue weighted by Crippen LogP contribution is -2.51. The van der Waals surface area contributed by atoms with E-state index in [0.717, 1.165) is 0 Å². The summed E-state index contributed by atoms with van der Waals surface area (Å²) in [6.07, 6.45) is 3.11. The molecule has 210 valence electrons. The number of ether oxygens (including phenoxy) is 1. The van der Waals surface area contributed by atoms with Crippen molar-refractivity contribution in [1.29, 1.82) is 0 Å². The number of nitrogens with zero attached hydrogens (tertiary/aromatic N) is 7. The Bertz CT molecular complexity index is 1770. The van der Waals surface area contributed by atoms with Crippen LogP contribution in [0, 0.1) is 6.92 Å². The smallest absolute Gasteiger partial charge is 0.280 e. The van der Waals surface area contributed by atoms with Gasteiger partial charge in [-0.3, -0.25) is 19.5 Å². The van der Waals surface area contributed by atoms with E-state index in [0.29, 0.717) is 55.7 Å². The maximum absolute atomic E-state index is 14.5. The van der Waals surface area contributed by atoms with Gasteiger partial charge in [-0.15, -0.1) is 0 Å². The molecule has 41 heavy (non-hydrogen) atoms. The average Bonchev–Trinajstić information content (AvgIpc) is 3.53. The number of methoxy groups -OCH3 is 1. The van der Waals surface area contributed by atoms with Gasteiger partial charge in [0.2, 0.25) is 11.8 Å². The highest BCUT2D eigenvalue weighted by Gasteiger charge is 2.64. The van der Waals surface area contributed by atoms with Crippen molar-refractivity contribution in [3.63, 3.8) is 0 Å². The standard InChI is InChI=1S/C28H26Cl2N8O3/c1-13(2)37-22-21(34-23(37)17-12-32-27(36(4)5)35-24(17)41-6)25(39)38(20-10-16(30)11-31-14(20)3)28(22)18-8-7-15(29)9-19(18)33-26(28)40/h7-13H,1-6H3,(H,33,40)/t28-/m0/s1. The Morgan fingerprint density at radius 1 is 1.05 bits per heavy atom. The molecule has 0 aliphatic carbocycles. The first kappa shape index (κ1) is 27.0. The number of anilines is 3. The number of carbonyl (C=O) groups is 2. The van der Waals surface area contributed by atoms with Crippen LogP contribution in [0.2, 0.25) is 10.0 Å². The third kappa shape index (κ3) is 3.72. The molecule has 13 heteroatoms. The molecule has 2 aliphatic rings. The zero-order valence-electron chi connectivity index (χ0n) is 23.2. The molecule has 0 saturated heterocycles. The van der Waals surface area contributed by atoms with E-state index >= 15 is 0 Å². The lowest BCUT2D eigenvalue weighted by molar-refractivity contribution is -0.119. The second-order valence-corrected chi connectivity index (χ2v) is 11.2. The van der Waals surface area contributed by atoms with Gasteiger partial charge in [-0.05, 0) is 39.0 Å². The maximum Gasteiger partial charge on any atom is 0.280 e. The van der Waals surface area contributed by atoms with Gasteiger partial charge in [-0.1, -0.05) is 29.3 Å². The molecular formula is C28H26Cl2N8O3. The normalized spacial score (nSPS) is 17.3. The Labute approximate surface area is 246 Å². The minimum atomic E-state index is -1.63. The van der Waals surface area contributed by atoms with E-state index in [1.807, 2.05) is 32.5 Å². The van der Waals surface area contributed by atoms with E-state index in [9.17, 15) is 9.59 Å². The van der Waals surface area contributed by atoms with Gasteiger partial charge < -0.3 is 19.5 Å². The third-order valence-corrected chi connectivity index (χ3v) is 7.74. The molecule has 3 aromatic heterocycles. The fourth-order valence-electron chi connectivity index (χ4n) is 5.61. The number of imidazole rings is 1. The lowest BCUT2D eigenvalue weighted by atomic mass is 9.87. The second kappa shape index (κ2) is 9.42. The van der Waals surface area contributed by atoms with Gasteiger partial charge in [-0.2, -0.15) is 4.98 Å². The van der Waals surface area contributed by atoms with Crippen molar-refractivity contribution in [2.45, 2.75) is 32.4 Å². The zero-order chi connectivity index (χ0) is 29.4. The fraction of sp³-hybridized carbons (Fsp3) is 0.286. The van der Waals surface area contributed by atoms with Crippen molar-refractivity contribution < 1.29 is 14.3 Å². The van der Waals surface area contributed by atoms with Crippen LogP contribution in [0.15, 0.2) is 36.7 Å². The van der Waals surface area contributed by atoms with Crippen LogP contribution in [0.4, 0.5) is 17.3 Å². The van der Waals surface area contributed by atoms with Crippen LogP contribution in [-0.4, -0.2) is 57.5 Å². The van der Waals surface area contributed by atoms with E-state index in [1.54, 1.807) is 42.3 Å². The van der Waals surface area contributed by atoms with Crippen LogP contribution in [0.5, 0.6) is 5.88 Å². The molecule has 1 spiro atoms. The summed E-state index contributed by atoms with van der Waals surface area (Å²) in [4.78, 5) is 50.2. The molecule has 0 bridgehead atoms. The average molecular weight is 593 g/mol. The Morgan fingerprint density at radius 3 is 2.49 bits per heavy atom. The summed E-state index contributed by atoms with van der Waals surface area (Å²) in [6, 6.07) is 6.51. The Morgan fingerprint density at radius 2 is 1.80 bits per heavy atom. The predicted octanol–water partition coefficient (Wildman–Crippen LogP) is 4.86. The van der Waals surface area contributed by atoms with Crippen LogP contribution < -0.4 is 19.9 Å². The van der Waals surface area contributed by atoms with Crippen molar-refractivity contribution in [1.82, 2.24) is 24.5 Å². The SMILES string of the molecule is COc1nc(N(C)C)ncc1-c1nc2c(n1C(C)C)[C@@]1(C(=O)Nc3cc(Cl)ccc31)N(c1cc(Cl)cnc1C)C2=O. The second-order valence-electron chi connectivity index (χ2n) is 10.3. The van der Waals surface area contributed by atoms with Crippen molar-refractivity contribution in [2.24, 2.45) is 0 Å². The van der Waals surface area contributed by atoms with Gasteiger partial charge in [-0.25, -0.2) is 9.97 Å².